The number of anilines is 1. The number of alkyl halides is 3. The second-order valence-corrected chi connectivity index (χ2v) is 7.55. The molecule has 1 atom stereocenters. The lowest BCUT2D eigenvalue weighted by Gasteiger charge is -2.32. The molecule has 1 saturated carbocycles. The fourth-order valence-electron chi connectivity index (χ4n) is 2.97. The standard InChI is InChI=1S/C16H18F3N5S/c1-9-8-24(5-4-20-9)14-12(23-15(25-14)16(17,18)19)11-6-21-13(22-7-11)10-2-3-10/h6-7,9-10,20H,2-5,8H2,1H3/t9-/m1/s1. The first kappa shape index (κ1) is 16.7. The van der Waals surface area contributed by atoms with Crippen molar-refractivity contribution >= 4 is 16.3 Å². The molecule has 9 heteroatoms. The van der Waals surface area contributed by atoms with Crippen molar-refractivity contribution in [1.82, 2.24) is 20.3 Å². The lowest BCUT2D eigenvalue weighted by Crippen LogP contribution is -2.49. The summed E-state index contributed by atoms with van der Waals surface area (Å²) in [5.41, 5.74) is 0.867. The van der Waals surface area contributed by atoms with Crippen LogP contribution in [0.5, 0.6) is 0 Å². The average molecular weight is 369 g/mol. The van der Waals surface area contributed by atoms with E-state index in [1.807, 2.05) is 11.8 Å². The van der Waals surface area contributed by atoms with Gasteiger partial charge in [0.25, 0.3) is 0 Å². The van der Waals surface area contributed by atoms with Crippen molar-refractivity contribution in [2.45, 2.75) is 37.9 Å². The van der Waals surface area contributed by atoms with E-state index in [-0.39, 0.29) is 6.04 Å². The lowest BCUT2D eigenvalue weighted by atomic mass is 10.2. The maximum absolute atomic E-state index is 13.2. The monoisotopic (exact) mass is 369 g/mol. The lowest BCUT2D eigenvalue weighted by molar-refractivity contribution is -0.137. The molecule has 3 heterocycles. The van der Waals surface area contributed by atoms with Gasteiger partial charge in [0.1, 0.15) is 16.5 Å². The van der Waals surface area contributed by atoms with Gasteiger partial charge in [-0.2, -0.15) is 13.2 Å². The Balaban J connectivity index is 1.72. The molecule has 0 amide bonds. The fraction of sp³-hybridized carbons (Fsp3) is 0.562. The van der Waals surface area contributed by atoms with Gasteiger partial charge in [-0.3, -0.25) is 0 Å². The molecule has 1 saturated heterocycles. The third-order valence-corrected chi connectivity index (χ3v) is 5.56. The van der Waals surface area contributed by atoms with E-state index in [2.05, 4.69) is 20.3 Å². The van der Waals surface area contributed by atoms with Crippen LogP contribution < -0.4 is 10.2 Å². The van der Waals surface area contributed by atoms with Crippen molar-refractivity contribution in [2.24, 2.45) is 0 Å². The molecule has 2 fully saturated rings. The van der Waals surface area contributed by atoms with E-state index in [0.29, 0.717) is 46.6 Å². The van der Waals surface area contributed by atoms with E-state index in [1.54, 1.807) is 12.4 Å². The normalized spacial score (nSPS) is 21.6. The molecular formula is C16H18F3N5S. The van der Waals surface area contributed by atoms with Crippen LogP contribution in [0.25, 0.3) is 11.3 Å². The molecule has 2 aromatic rings. The predicted molar refractivity (Wildman–Crippen MR) is 89.8 cm³/mol. The smallest absolute Gasteiger partial charge is 0.359 e. The zero-order valence-corrected chi connectivity index (χ0v) is 14.5. The first-order chi connectivity index (χ1) is 11.9. The van der Waals surface area contributed by atoms with E-state index in [0.717, 1.165) is 25.2 Å². The fourth-order valence-corrected chi connectivity index (χ4v) is 3.96. The Labute approximate surface area is 147 Å². The number of rotatable bonds is 3. The minimum Gasteiger partial charge on any atom is -0.359 e. The second-order valence-electron chi connectivity index (χ2n) is 6.58. The molecule has 4 rings (SSSR count). The SMILES string of the molecule is C[C@@H]1CN(c2sc(C(F)(F)F)nc2-c2cnc(C3CC3)nc2)CCN1. The molecule has 2 aliphatic rings. The molecule has 2 aromatic heterocycles. The van der Waals surface area contributed by atoms with E-state index in [9.17, 15) is 13.2 Å². The van der Waals surface area contributed by atoms with Crippen LogP contribution in [0.1, 0.15) is 36.5 Å². The summed E-state index contributed by atoms with van der Waals surface area (Å²) in [6, 6.07) is 0.214. The number of thiazole rings is 1. The highest BCUT2D eigenvalue weighted by molar-refractivity contribution is 7.16. The molecule has 0 spiro atoms. The summed E-state index contributed by atoms with van der Waals surface area (Å²) in [5, 5.41) is 3.02. The summed E-state index contributed by atoms with van der Waals surface area (Å²) in [6.45, 7) is 4.05. The van der Waals surface area contributed by atoms with Gasteiger partial charge in [0.15, 0.2) is 0 Å². The van der Waals surface area contributed by atoms with Crippen molar-refractivity contribution in [2.75, 3.05) is 24.5 Å². The Morgan fingerprint density at radius 3 is 2.56 bits per heavy atom. The van der Waals surface area contributed by atoms with Crippen molar-refractivity contribution in [3.05, 3.63) is 23.2 Å². The van der Waals surface area contributed by atoms with E-state index in [4.69, 9.17) is 0 Å². The number of hydrogen-bond donors (Lipinski definition) is 1. The molecule has 0 bridgehead atoms. The topological polar surface area (TPSA) is 53.9 Å². The first-order valence-electron chi connectivity index (χ1n) is 8.30. The van der Waals surface area contributed by atoms with Crippen LogP contribution in [-0.2, 0) is 6.18 Å². The van der Waals surface area contributed by atoms with Gasteiger partial charge in [0, 0.05) is 49.6 Å². The van der Waals surface area contributed by atoms with Crippen LogP contribution in [0.3, 0.4) is 0 Å². The maximum atomic E-state index is 13.2. The highest BCUT2D eigenvalue weighted by Gasteiger charge is 2.37. The third-order valence-electron chi connectivity index (χ3n) is 4.40. The van der Waals surface area contributed by atoms with Gasteiger partial charge >= 0.3 is 6.18 Å². The number of halogens is 3. The minimum atomic E-state index is -4.45. The van der Waals surface area contributed by atoms with Crippen molar-refractivity contribution in [1.29, 1.82) is 0 Å². The van der Waals surface area contributed by atoms with Crippen LogP contribution in [0.15, 0.2) is 12.4 Å². The second kappa shape index (κ2) is 6.21. The molecular weight excluding hydrogens is 351 g/mol. The van der Waals surface area contributed by atoms with Crippen LogP contribution in [0.2, 0.25) is 0 Å². The first-order valence-corrected chi connectivity index (χ1v) is 9.12. The summed E-state index contributed by atoms with van der Waals surface area (Å²) < 4.78 is 39.6. The summed E-state index contributed by atoms with van der Waals surface area (Å²) >= 11 is 0.699. The predicted octanol–water partition coefficient (Wildman–Crippen LogP) is 3.29. The molecule has 0 aromatic carbocycles. The van der Waals surface area contributed by atoms with Gasteiger partial charge in [-0.15, -0.1) is 0 Å². The molecule has 1 aliphatic carbocycles. The van der Waals surface area contributed by atoms with Crippen molar-refractivity contribution in [3.8, 4) is 11.3 Å². The Morgan fingerprint density at radius 2 is 1.96 bits per heavy atom. The number of piperazine rings is 1. The van der Waals surface area contributed by atoms with E-state index >= 15 is 0 Å². The molecule has 0 radical (unpaired) electrons. The quantitative estimate of drug-likeness (QED) is 0.900. The van der Waals surface area contributed by atoms with Crippen LogP contribution in [0, 0.1) is 0 Å². The zero-order valence-electron chi connectivity index (χ0n) is 13.7. The van der Waals surface area contributed by atoms with Gasteiger partial charge in [-0.1, -0.05) is 11.3 Å². The molecule has 5 nitrogen and oxygen atoms in total. The average Bonchev–Trinajstić information content (AvgIpc) is 3.32. The van der Waals surface area contributed by atoms with E-state index < -0.39 is 11.2 Å². The molecule has 0 unspecified atom stereocenters. The minimum absolute atomic E-state index is 0.214. The van der Waals surface area contributed by atoms with Gasteiger partial charge < -0.3 is 10.2 Å². The highest BCUT2D eigenvalue weighted by Crippen LogP contribution is 2.43. The zero-order chi connectivity index (χ0) is 17.6. The Bertz CT molecular complexity index is 754. The van der Waals surface area contributed by atoms with Crippen LogP contribution >= 0.6 is 11.3 Å². The van der Waals surface area contributed by atoms with Crippen molar-refractivity contribution < 1.29 is 13.2 Å². The Kier molecular flexibility index (Phi) is 4.15. The Morgan fingerprint density at radius 1 is 1.24 bits per heavy atom. The summed E-state index contributed by atoms with van der Waals surface area (Å²) in [4.78, 5) is 14.5. The summed E-state index contributed by atoms with van der Waals surface area (Å²) in [7, 11) is 0. The number of aromatic nitrogens is 3. The molecule has 1 N–H and O–H groups in total. The molecule has 1 aliphatic heterocycles. The largest absolute Gasteiger partial charge is 0.443 e. The van der Waals surface area contributed by atoms with Gasteiger partial charge in [0.05, 0.1) is 0 Å². The van der Waals surface area contributed by atoms with Crippen molar-refractivity contribution in [3.63, 3.8) is 0 Å². The van der Waals surface area contributed by atoms with Crippen LogP contribution in [-0.4, -0.2) is 40.6 Å². The summed E-state index contributed by atoms with van der Waals surface area (Å²) in [5.74, 6) is 1.18. The number of nitrogens with one attached hydrogen (secondary N) is 1. The third kappa shape index (κ3) is 3.48. The van der Waals surface area contributed by atoms with Gasteiger partial charge in [0.2, 0.25) is 5.01 Å². The molecule has 134 valence electrons. The highest BCUT2D eigenvalue weighted by atomic mass is 32.1. The van der Waals surface area contributed by atoms with Crippen LogP contribution in [0.4, 0.5) is 18.2 Å². The maximum Gasteiger partial charge on any atom is 0.443 e. The van der Waals surface area contributed by atoms with Gasteiger partial charge in [-0.05, 0) is 19.8 Å². The number of nitrogens with zero attached hydrogens (tertiary/aromatic N) is 4. The Hall–Kier alpha value is -1.74. The molecule has 25 heavy (non-hydrogen) atoms. The van der Waals surface area contributed by atoms with Gasteiger partial charge in [-0.25, -0.2) is 15.0 Å². The summed E-state index contributed by atoms with van der Waals surface area (Å²) in [6.07, 6.45) is 0.915. The number of hydrogen-bond acceptors (Lipinski definition) is 6. The van der Waals surface area contributed by atoms with E-state index in [1.165, 1.54) is 0 Å².